The van der Waals surface area contributed by atoms with Gasteiger partial charge in [0, 0.05) is 12.2 Å². The van der Waals surface area contributed by atoms with Gasteiger partial charge in [0.2, 0.25) is 0 Å². The lowest BCUT2D eigenvalue weighted by Gasteiger charge is -2.23. The maximum absolute atomic E-state index is 11.2. The van der Waals surface area contributed by atoms with Crippen LogP contribution >= 0.6 is 0 Å². The SMILES string of the molecule is COc1cc(C(C)(C)C)cc(OC)c1CNc1ccc(O)c(C(=O)O)c1. The number of carboxylic acids is 1. The highest BCUT2D eigenvalue weighted by Crippen LogP contribution is 2.36. The molecule has 0 bridgehead atoms. The molecule has 3 N–H and O–H groups in total. The molecule has 140 valence electrons. The maximum atomic E-state index is 11.2. The Morgan fingerprint density at radius 3 is 2.12 bits per heavy atom. The zero-order valence-electron chi connectivity index (χ0n) is 15.7. The lowest BCUT2D eigenvalue weighted by Crippen LogP contribution is -2.13. The Hall–Kier alpha value is -2.89. The van der Waals surface area contributed by atoms with E-state index in [4.69, 9.17) is 14.6 Å². The zero-order chi connectivity index (χ0) is 19.5. The molecule has 0 saturated carbocycles. The van der Waals surface area contributed by atoms with Gasteiger partial charge in [0.15, 0.2) is 0 Å². The van der Waals surface area contributed by atoms with E-state index in [1.807, 2.05) is 12.1 Å². The fraction of sp³-hybridized carbons (Fsp3) is 0.350. The van der Waals surface area contributed by atoms with E-state index in [-0.39, 0.29) is 16.7 Å². The fourth-order valence-electron chi connectivity index (χ4n) is 2.60. The van der Waals surface area contributed by atoms with E-state index in [1.54, 1.807) is 20.3 Å². The highest BCUT2D eigenvalue weighted by Gasteiger charge is 2.20. The average molecular weight is 359 g/mol. The van der Waals surface area contributed by atoms with Gasteiger partial charge in [0.25, 0.3) is 0 Å². The molecule has 0 radical (unpaired) electrons. The number of carboxylic acid groups (broad SMARTS) is 1. The second-order valence-corrected chi connectivity index (χ2v) is 7.00. The first kappa shape index (κ1) is 19.4. The number of aromatic carboxylic acids is 1. The van der Waals surface area contributed by atoms with Crippen molar-refractivity contribution >= 4 is 11.7 Å². The van der Waals surface area contributed by atoms with Crippen LogP contribution in [0.3, 0.4) is 0 Å². The Balaban J connectivity index is 2.35. The smallest absolute Gasteiger partial charge is 0.339 e. The standard InChI is InChI=1S/C20H25NO5/c1-20(2,3)12-8-17(25-4)15(18(9-12)26-5)11-21-13-6-7-16(22)14(10-13)19(23)24/h6-10,21-22H,11H2,1-5H3,(H,23,24). The van der Waals surface area contributed by atoms with E-state index in [2.05, 4.69) is 26.1 Å². The van der Waals surface area contributed by atoms with Crippen molar-refractivity contribution in [2.75, 3.05) is 19.5 Å². The Morgan fingerprint density at radius 1 is 1.08 bits per heavy atom. The van der Waals surface area contributed by atoms with Crippen molar-refractivity contribution in [2.45, 2.75) is 32.7 Å². The monoisotopic (exact) mass is 359 g/mol. The second kappa shape index (κ2) is 7.56. The van der Waals surface area contributed by atoms with Crippen molar-refractivity contribution in [2.24, 2.45) is 0 Å². The molecule has 0 amide bonds. The Morgan fingerprint density at radius 2 is 1.65 bits per heavy atom. The molecular formula is C20H25NO5. The van der Waals surface area contributed by atoms with Gasteiger partial charge >= 0.3 is 5.97 Å². The van der Waals surface area contributed by atoms with Gasteiger partial charge in [0.1, 0.15) is 22.8 Å². The Kier molecular flexibility index (Phi) is 5.65. The summed E-state index contributed by atoms with van der Waals surface area (Å²) in [5.41, 5.74) is 2.28. The van der Waals surface area contributed by atoms with Crippen LogP contribution in [0.15, 0.2) is 30.3 Å². The van der Waals surface area contributed by atoms with Crippen molar-refractivity contribution in [3.05, 3.63) is 47.0 Å². The minimum absolute atomic E-state index is 0.0557. The lowest BCUT2D eigenvalue weighted by atomic mass is 9.86. The summed E-state index contributed by atoms with van der Waals surface area (Å²) < 4.78 is 11.1. The van der Waals surface area contributed by atoms with E-state index >= 15 is 0 Å². The second-order valence-electron chi connectivity index (χ2n) is 7.00. The number of hydrogen-bond acceptors (Lipinski definition) is 5. The predicted octanol–water partition coefficient (Wildman–Crippen LogP) is 4.02. The number of rotatable bonds is 6. The van der Waals surface area contributed by atoms with E-state index in [9.17, 15) is 9.90 Å². The highest BCUT2D eigenvalue weighted by atomic mass is 16.5. The first-order valence-electron chi connectivity index (χ1n) is 8.23. The van der Waals surface area contributed by atoms with Crippen LogP contribution in [-0.4, -0.2) is 30.4 Å². The van der Waals surface area contributed by atoms with E-state index in [1.165, 1.54) is 12.1 Å². The van der Waals surface area contributed by atoms with Gasteiger partial charge in [-0.3, -0.25) is 0 Å². The molecule has 2 aromatic carbocycles. The Bertz CT molecular complexity index is 783. The first-order chi connectivity index (χ1) is 12.2. The van der Waals surface area contributed by atoms with Gasteiger partial charge in [-0.1, -0.05) is 20.8 Å². The van der Waals surface area contributed by atoms with Gasteiger partial charge in [-0.15, -0.1) is 0 Å². The molecule has 26 heavy (non-hydrogen) atoms. The summed E-state index contributed by atoms with van der Waals surface area (Å²) in [4.78, 5) is 11.2. The van der Waals surface area contributed by atoms with Gasteiger partial charge in [0.05, 0.1) is 19.8 Å². The van der Waals surface area contributed by atoms with Crippen LogP contribution in [0.5, 0.6) is 17.2 Å². The Labute approximate surface area is 153 Å². The quantitative estimate of drug-likeness (QED) is 0.675. The number of ether oxygens (including phenoxy) is 2. The topological polar surface area (TPSA) is 88.0 Å². The molecule has 6 nitrogen and oxygen atoms in total. The normalized spacial score (nSPS) is 11.1. The summed E-state index contributed by atoms with van der Waals surface area (Å²) in [5, 5.41) is 21.9. The van der Waals surface area contributed by atoms with E-state index in [0.717, 1.165) is 11.1 Å². The van der Waals surface area contributed by atoms with Crippen LogP contribution < -0.4 is 14.8 Å². The molecule has 0 atom stereocenters. The third kappa shape index (κ3) is 4.20. The summed E-state index contributed by atoms with van der Waals surface area (Å²) in [7, 11) is 3.21. The molecular weight excluding hydrogens is 334 g/mol. The molecule has 2 aromatic rings. The minimum atomic E-state index is -1.18. The summed E-state index contributed by atoms with van der Waals surface area (Å²) >= 11 is 0. The molecule has 2 rings (SSSR count). The third-order valence-corrected chi connectivity index (χ3v) is 4.17. The highest BCUT2D eigenvalue weighted by molar-refractivity contribution is 5.92. The molecule has 6 heteroatoms. The predicted molar refractivity (Wildman–Crippen MR) is 101 cm³/mol. The molecule has 0 saturated heterocycles. The number of aromatic hydroxyl groups is 1. The molecule has 0 fully saturated rings. The van der Waals surface area contributed by atoms with Crippen molar-refractivity contribution in [1.29, 1.82) is 0 Å². The number of anilines is 1. The molecule has 0 aromatic heterocycles. The van der Waals surface area contributed by atoms with Crippen LogP contribution in [0.4, 0.5) is 5.69 Å². The molecule has 0 aliphatic carbocycles. The van der Waals surface area contributed by atoms with Crippen molar-refractivity contribution in [3.8, 4) is 17.2 Å². The molecule has 0 heterocycles. The number of hydrogen-bond donors (Lipinski definition) is 3. The van der Waals surface area contributed by atoms with Crippen molar-refractivity contribution in [1.82, 2.24) is 0 Å². The zero-order valence-corrected chi connectivity index (χ0v) is 15.7. The van der Waals surface area contributed by atoms with Crippen LogP contribution in [0.25, 0.3) is 0 Å². The van der Waals surface area contributed by atoms with Crippen LogP contribution in [-0.2, 0) is 12.0 Å². The maximum Gasteiger partial charge on any atom is 0.339 e. The summed E-state index contributed by atoms with van der Waals surface area (Å²) in [6, 6.07) is 8.32. The number of benzene rings is 2. The fourth-order valence-corrected chi connectivity index (χ4v) is 2.60. The third-order valence-electron chi connectivity index (χ3n) is 4.17. The number of methoxy groups -OCH3 is 2. The number of carbonyl (C=O) groups is 1. The average Bonchev–Trinajstić information content (AvgIpc) is 2.59. The van der Waals surface area contributed by atoms with E-state index in [0.29, 0.717) is 23.7 Å². The first-order valence-corrected chi connectivity index (χ1v) is 8.23. The minimum Gasteiger partial charge on any atom is -0.507 e. The van der Waals surface area contributed by atoms with Crippen molar-refractivity contribution < 1.29 is 24.5 Å². The molecule has 0 unspecified atom stereocenters. The summed E-state index contributed by atoms with van der Waals surface area (Å²) in [5.74, 6) is -0.0680. The molecule has 0 spiro atoms. The van der Waals surface area contributed by atoms with Crippen LogP contribution in [0.2, 0.25) is 0 Å². The molecule has 0 aliphatic heterocycles. The van der Waals surface area contributed by atoms with Crippen LogP contribution in [0, 0.1) is 0 Å². The lowest BCUT2D eigenvalue weighted by molar-refractivity contribution is 0.0694. The van der Waals surface area contributed by atoms with Crippen molar-refractivity contribution in [3.63, 3.8) is 0 Å². The molecule has 0 aliphatic rings. The van der Waals surface area contributed by atoms with Gasteiger partial charge in [-0.05, 0) is 41.3 Å². The largest absolute Gasteiger partial charge is 0.507 e. The van der Waals surface area contributed by atoms with Gasteiger partial charge in [-0.25, -0.2) is 4.79 Å². The number of nitrogens with one attached hydrogen (secondary N) is 1. The van der Waals surface area contributed by atoms with Gasteiger partial charge in [-0.2, -0.15) is 0 Å². The summed E-state index contributed by atoms with van der Waals surface area (Å²) in [6.07, 6.45) is 0. The number of phenols is 1. The van der Waals surface area contributed by atoms with E-state index < -0.39 is 5.97 Å². The van der Waals surface area contributed by atoms with Gasteiger partial charge < -0.3 is 25.0 Å². The summed E-state index contributed by atoms with van der Waals surface area (Å²) in [6.45, 7) is 6.72. The van der Waals surface area contributed by atoms with Crippen LogP contribution in [0.1, 0.15) is 42.3 Å².